The molecule has 0 saturated heterocycles. The molecule has 0 aromatic heterocycles. The molecule has 69 valence electrons. The van der Waals surface area contributed by atoms with Crippen molar-refractivity contribution in [3.8, 4) is 0 Å². The predicted octanol–water partition coefficient (Wildman–Crippen LogP) is 2.24. The number of esters is 1. The van der Waals surface area contributed by atoms with Crippen molar-refractivity contribution in [2.45, 2.75) is 12.8 Å². The molecule has 0 aliphatic carbocycles. The summed E-state index contributed by atoms with van der Waals surface area (Å²) >= 11 is 0. The van der Waals surface area contributed by atoms with Gasteiger partial charge >= 0.3 is 5.97 Å². The van der Waals surface area contributed by atoms with Gasteiger partial charge in [0.15, 0.2) is 0 Å². The van der Waals surface area contributed by atoms with Crippen molar-refractivity contribution in [1.82, 2.24) is 0 Å². The molecule has 0 aliphatic heterocycles. The number of carbonyl (C=O) groups excluding carboxylic acids is 1. The minimum atomic E-state index is -0.291. The summed E-state index contributed by atoms with van der Waals surface area (Å²) in [5.74, 6) is -0.291. The van der Waals surface area contributed by atoms with Gasteiger partial charge in [0, 0.05) is 0 Å². The number of aryl methyl sites for hydroxylation is 1. The van der Waals surface area contributed by atoms with Gasteiger partial charge in [0.25, 0.3) is 0 Å². The predicted molar refractivity (Wildman–Crippen MR) is 51.5 cm³/mol. The highest BCUT2D eigenvalue weighted by Gasteiger charge is 2.03. The Morgan fingerprint density at radius 3 is 2.46 bits per heavy atom. The van der Waals surface area contributed by atoms with E-state index in [1.807, 2.05) is 12.1 Å². The van der Waals surface area contributed by atoms with Crippen molar-refractivity contribution in [1.29, 1.82) is 0 Å². The monoisotopic (exact) mass is 177 g/mol. The Morgan fingerprint density at radius 1 is 1.38 bits per heavy atom. The van der Waals surface area contributed by atoms with E-state index in [-0.39, 0.29) is 5.97 Å². The van der Waals surface area contributed by atoms with E-state index in [4.69, 9.17) is 0 Å². The summed E-state index contributed by atoms with van der Waals surface area (Å²) in [4.78, 5) is 11.0. The summed E-state index contributed by atoms with van der Waals surface area (Å²) in [5, 5.41) is 0. The molecule has 0 amide bonds. The Hall–Kier alpha value is -1.31. The third kappa shape index (κ3) is 2.58. The molecule has 0 atom stereocenters. The van der Waals surface area contributed by atoms with Crippen molar-refractivity contribution in [3.63, 3.8) is 0 Å². The lowest BCUT2D eigenvalue weighted by molar-refractivity contribution is 0.0601. The van der Waals surface area contributed by atoms with Crippen molar-refractivity contribution in [2.75, 3.05) is 7.11 Å². The lowest BCUT2D eigenvalue weighted by Gasteiger charge is -2.00. The van der Waals surface area contributed by atoms with E-state index in [1.165, 1.54) is 12.7 Å². The molecule has 0 aliphatic rings. The van der Waals surface area contributed by atoms with Crippen LogP contribution in [0.1, 0.15) is 22.3 Å². The zero-order valence-electron chi connectivity index (χ0n) is 7.75. The largest absolute Gasteiger partial charge is 0.465 e. The van der Waals surface area contributed by atoms with Gasteiger partial charge in [0.05, 0.1) is 12.7 Å². The average Bonchev–Trinajstić information content (AvgIpc) is 2.18. The molecule has 1 radical (unpaired) electrons. The van der Waals surface area contributed by atoms with Crippen LogP contribution in [-0.4, -0.2) is 13.1 Å². The summed E-state index contributed by atoms with van der Waals surface area (Å²) in [5.41, 5.74) is 1.79. The SMILES string of the molecule is [CH2]CCc1ccc(C(=O)OC)cc1. The van der Waals surface area contributed by atoms with Crippen LogP contribution in [0, 0.1) is 6.92 Å². The first kappa shape index (κ1) is 9.78. The molecule has 0 bridgehead atoms. The maximum Gasteiger partial charge on any atom is 0.337 e. The van der Waals surface area contributed by atoms with Crippen LogP contribution in [0.4, 0.5) is 0 Å². The third-order valence-electron chi connectivity index (χ3n) is 1.84. The molecule has 1 aromatic rings. The van der Waals surface area contributed by atoms with Crippen molar-refractivity contribution in [2.24, 2.45) is 0 Å². The van der Waals surface area contributed by atoms with Gasteiger partial charge < -0.3 is 4.74 Å². The standard InChI is InChI=1S/C11H13O2/c1-3-4-9-5-7-10(8-6-9)11(12)13-2/h5-8H,1,3-4H2,2H3. The van der Waals surface area contributed by atoms with Crippen LogP contribution in [0.15, 0.2) is 24.3 Å². The highest BCUT2D eigenvalue weighted by Crippen LogP contribution is 2.07. The molecule has 2 nitrogen and oxygen atoms in total. The third-order valence-corrected chi connectivity index (χ3v) is 1.84. The Labute approximate surface area is 78.5 Å². The van der Waals surface area contributed by atoms with E-state index in [1.54, 1.807) is 12.1 Å². The molecule has 1 aromatic carbocycles. The van der Waals surface area contributed by atoms with E-state index >= 15 is 0 Å². The minimum Gasteiger partial charge on any atom is -0.465 e. The first-order valence-electron chi connectivity index (χ1n) is 4.24. The molecule has 1 rings (SSSR count). The average molecular weight is 177 g/mol. The zero-order valence-corrected chi connectivity index (χ0v) is 7.75. The van der Waals surface area contributed by atoms with Gasteiger partial charge in [-0.15, -0.1) is 0 Å². The van der Waals surface area contributed by atoms with Crippen LogP contribution >= 0.6 is 0 Å². The number of rotatable bonds is 3. The summed E-state index contributed by atoms with van der Waals surface area (Å²) in [6, 6.07) is 7.41. The molecule has 0 spiro atoms. The maximum atomic E-state index is 11.0. The molecule has 0 fully saturated rings. The van der Waals surface area contributed by atoms with Crippen LogP contribution in [0.5, 0.6) is 0 Å². The normalized spacial score (nSPS) is 9.69. The van der Waals surface area contributed by atoms with Crippen molar-refractivity contribution >= 4 is 5.97 Å². The van der Waals surface area contributed by atoms with Gasteiger partial charge in [-0.05, 0) is 30.5 Å². The molecular weight excluding hydrogens is 164 g/mol. The second-order valence-electron chi connectivity index (χ2n) is 2.79. The lowest BCUT2D eigenvalue weighted by Crippen LogP contribution is -2.00. The molecular formula is C11H13O2. The van der Waals surface area contributed by atoms with Gasteiger partial charge in [-0.25, -0.2) is 4.79 Å². The number of ether oxygens (including phenoxy) is 1. The van der Waals surface area contributed by atoms with Gasteiger partial charge in [-0.3, -0.25) is 0 Å². The van der Waals surface area contributed by atoms with Crippen LogP contribution < -0.4 is 0 Å². The Morgan fingerprint density at radius 2 is 2.00 bits per heavy atom. The Bertz CT molecular complexity index is 275. The maximum absolute atomic E-state index is 11.0. The fraction of sp³-hybridized carbons (Fsp3) is 0.273. The molecule has 0 heterocycles. The summed E-state index contributed by atoms with van der Waals surface area (Å²) in [6.07, 6.45) is 1.82. The fourth-order valence-corrected chi connectivity index (χ4v) is 1.13. The van der Waals surface area contributed by atoms with Crippen molar-refractivity contribution in [3.05, 3.63) is 42.3 Å². The smallest absolute Gasteiger partial charge is 0.337 e. The van der Waals surface area contributed by atoms with Crippen LogP contribution in [0.2, 0.25) is 0 Å². The van der Waals surface area contributed by atoms with E-state index in [9.17, 15) is 4.79 Å². The first-order valence-corrected chi connectivity index (χ1v) is 4.24. The number of carbonyl (C=O) groups is 1. The van der Waals surface area contributed by atoms with Gasteiger partial charge in [0.2, 0.25) is 0 Å². The van der Waals surface area contributed by atoms with E-state index in [2.05, 4.69) is 11.7 Å². The van der Waals surface area contributed by atoms with Gasteiger partial charge in [-0.1, -0.05) is 19.1 Å². The Kier molecular flexibility index (Phi) is 3.50. The van der Waals surface area contributed by atoms with Crippen LogP contribution in [0.25, 0.3) is 0 Å². The minimum absolute atomic E-state index is 0.291. The van der Waals surface area contributed by atoms with Crippen molar-refractivity contribution < 1.29 is 9.53 Å². The number of hydrogen-bond donors (Lipinski definition) is 0. The zero-order chi connectivity index (χ0) is 9.68. The first-order chi connectivity index (χ1) is 6.27. The highest BCUT2D eigenvalue weighted by molar-refractivity contribution is 5.89. The topological polar surface area (TPSA) is 26.3 Å². The van der Waals surface area contributed by atoms with E-state index < -0.39 is 0 Å². The second kappa shape index (κ2) is 4.65. The fourth-order valence-electron chi connectivity index (χ4n) is 1.13. The lowest BCUT2D eigenvalue weighted by atomic mass is 10.1. The second-order valence-corrected chi connectivity index (χ2v) is 2.79. The quantitative estimate of drug-likeness (QED) is 0.662. The molecule has 0 unspecified atom stereocenters. The molecule has 2 heteroatoms. The van der Waals surface area contributed by atoms with Gasteiger partial charge in [0.1, 0.15) is 0 Å². The molecule has 0 N–H and O–H groups in total. The summed E-state index contributed by atoms with van der Waals surface area (Å²) in [7, 11) is 1.38. The molecule has 13 heavy (non-hydrogen) atoms. The van der Waals surface area contributed by atoms with Crippen LogP contribution in [-0.2, 0) is 11.2 Å². The van der Waals surface area contributed by atoms with E-state index in [0.29, 0.717) is 5.56 Å². The summed E-state index contributed by atoms with van der Waals surface area (Å²) in [6.45, 7) is 3.76. The number of hydrogen-bond acceptors (Lipinski definition) is 2. The summed E-state index contributed by atoms with van der Waals surface area (Å²) < 4.78 is 4.58. The Balaban J connectivity index is 2.75. The highest BCUT2D eigenvalue weighted by atomic mass is 16.5. The van der Waals surface area contributed by atoms with E-state index in [0.717, 1.165) is 12.8 Å². The molecule has 0 saturated carbocycles. The number of methoxy groups -OCH3 is 1. The van der Waals surface area contributed by atoms with Gasteiger partial charge in [-0.2, -0.15) is 0 Å². The van der Waals surface area contributed by atoms with Crippen LogP contribution in [0.3, 0.4) is 0 Å². The number of benzene rings is 1.